The minimum atomic E-state index is -0.451. The van der Waals surface area contributed by atoms with Crippen LogP contribution in [0.5, 0.6) is 40.2 Å². The largest absolute Gasteiger partial charge is 0.493 e. The third-order valence-corrected chi connectivity index (χ3v) is 4.80. The van der Waals surface area contributed by atoms with E-state index in [-0.39, 0.29) is 34.0 Å². The quantitative estimate of drug-likeness (QED) is 0.530. The number of ether oxygens (including phenoxy) is 7. The maximum absolute atomic E-state index is 13.4. The van der Waals surface area contributed by atoms with E-state index in [4.69, 9.17) is 37.6 Å². The first-order valence-electron chi connectivity index (χ1n) is 9.14. The van der Waals surface area contributed by atoms with Crippen LogP contribution in [-0.4, -0.2) is 49.8 Å². The molecule has 31 heavy (non-hydrogen) atoms. The summed E-state index contributed by atoms with van der Waals surface area (Å²) in [6.07, 6.45) is 0. The Labute approximate surface area is 178 Å². The summed E-state index contributed by atoms with van der Waals surface area (Å²) < 4.78 is 44.1. The van der Waals surface area contributed by atoms with Gasteiger partial charge in [-0.1, -0.05) is 0 Å². The summed E-state index contributed by atoms with van der Waals surface area (Å²) in [5, 5.41) is 0.153. The molecule has 0 aliphatic carbocycles. The Balaban J connectivity index is 2.47. The third kappa shape index (κ3) is 3.41. The third-order valence-electron chi connectivity index (χ3n) is 4.80. The Morgan fingerprint density at radius 1 is 0.613 bits per heavy atom. The Kier molecular flexibility index (Phi) is 6.33. The fourth-order valence-corrected chi connectivity index (χ4v) is 3.45. The van der Waals surface area contributed by atoms with Gasteiger partial charge in [0, 0.05) is 6.07 Å². The van der Waals surface area contributed by atoms with Gasteiger partial charge in [-0.05, 0) is 12.1 Å². The summed E-state index contributed by atoms with van der Waals surface area (Å²) >= 11 is 0. The lowest BCUT2D eigenvalue weighted by atomic mass is 10.1. The molecule has 0 bridgehead atoms. The first-order chi connectivity index (χ1) is 15.0. The van der Waals surface area contributed by atoms with Crippen LogP contribution in [0.1, 0.15) is 0 Å². The van der Waals surface area contributed by atoms with Crippen molar-refractivity contribution in [2.24, 2.45) is 0 Å². The van der Waals surface area contributed by atoms with Gasteiger partial charge in [0.1, 0.15) is 11.0 Å². The van der Waals surface area contributed by atoms with E-state index in [1.807, 2.05) is 0 Å². The van der Waals surface area contributed by atoms with E-state index in [9.17, 15) is 4.79 Å². The summed E-state index contributed by atoms with van der Waals surface area (Å²) in [5.74, 6) is 2.00. The van der Waals surface area contributed by atoms with Crippen LogP contribution in [0.15, 0.2) is 27.4 Å². The maximum Gasteiger partial charge on any atom is 0.239 e. The highest BCUT2D eigenvalue weighted by Gasteiger charge is 2.28. The van der Waals surface area contributed by atoms with Crippen molar-refractivity contribution >= 4 is 11.0 Å². The van der Waals surface area contributed by atoms with E-state index in [0.717, 1.165) is 0 Å². The first-order valence-corrected chi connectivity index (χ1v) is 9.14. The maximum atomic E-state index is 13.4. The topological polar surface area (TPSA) is 94.8 Å². The second-order valence-corrected chi connectivity index (χ2v) is 6.19. The molecular weight excluding hydrogens is 408 g/mol. The molecule has 0 fully saturated rings. The zero-order chi connectivity index (χ0) is 22.7. The van der Waals surface area contributed by atoms with Crippen LogP contribution in [-0.2, 0) is 0 Å². The van der Waals surface area contributed by atoms with Crippen molar-refractivity contribution in [2.45, 2.75) is 0 Å². The van der Waals surface area contributed by atoms with Gasteiger partial charge in [0.05, 0.1) is 55.3 Å². The molecule has 0 saturated heterocycles. The number of rotatable bonds is 8. The van der Waals surface area contributed by atoms with Crippen molar-refractivity contribution in [1.29, 1.82) is 0 Å². The van der Waals surface area contributed by atoms with Crippen LogP contribution < -0.4 is 38.6 Å². The zero-order valence-corrected chi connectivity index (χ0v) is 18.4. The number of hydrogen-bond acceptors (Lipinski definition) is 9. The molecule has 0 atom stereocenters. The highest BCUT2D eigenvalue weighted by atomic mass is 16.5. The molecular formula is C22H24O9. The van der Waals surface area contributed by atoms with Gasteiger partial charge >= 0.3 is 0 Å². The second-order valence-electron chi connectivity index (χ2n) is 6.19. The molecule has 9 nitrogen and oxygen atoms in total. The molecule has 0 saturated carbocycles. The summed E-state index contributed by atoms with van der Waals surface area (Å²) in [4.78, 5) is 13.4. The smallest absolute Gasteiger partial charge is 0.239 e. The van der Waals surface area contributed by atoms with E-state index >= 15 is 0 Å². The van der Waals surface area contributed by atoms with Crippen LogP contribution in [0.3, 0.4) is 0 Å². The number of methoxy groups -OCH3 is 7. The van der Waals surface area contributed by atoms with Crippen molar-refractivity contribution in [3.05, 3.63) is 28.4 Å². The molecule has 0 unspecified atom stereocenters. The van der Waals surface area contributed by atoms with Crippen molar-refractivity contribution in [3.8, 4) is 51.6 Å². The molecule has 0 spiro atoms. The molecule has 2 aromatic carbocycles. The van der Waals surface area contributed by atoms with Crippen molar-refractivity contribution in [1.82, 2.24) is 0 Å². The molecule has 0 aliphatic rings. The molecule has 166 valence electrons. The summed E-state index contributed by atoms with van der Waals surface area (Å²) in [6, 6.07) is 4.91. The summed E-state index contributed by atoms with van der Waals surface area (Å²) in [7, 11) is 10.2. The monoisotopic (exact) mass is 432 g/mol. The van der Waals surface area contributed by atoms with Crippen LogP contribution in [0.25, 0.3) is 22.3 Å². The Hall–Kier alpha value is -3.75. The number of benzene rings is 2. The van der Waals surface area contributed by atoms with E-state index in [2.05, 4.69) is 0 Å². The van der Waals surface area contributed by atoms with Crippen LogP contribution in [0, 0.1) is 0 Å². The Morgan fingerprint density at radius 3 is 1.68 bits per heavy atom. The van der Waals surface area contributed by atoms with Gasteiger partial charge < -0.3 is 37.6 Å². The second kappa shape index (κ2) is 8.95. The van der Waals surface area contributed by atoms with Gasteiger partial charge in [-0.25, -0.2) is 0 Å². The Morgan fingerprint density at radius 2 is 1.16 bits per heavy atom. The Bertz CT molecular complexity index is 1160. The standard InChI is InChI=1S/C22H24O9/c1-24-12-9-8-11(17(26-3)19(12)27-4)18-22(30-7)16(23)15-13(31-18)10-14(25-2)20(28-5)21(15)29-6/h8-10H,1-7H3. The molecule has 1 heterocycles. The molecule has 3 aromatic rings. The minimum Gasteiger partial charge on any atom is -0.493 e. The van der Waals surface area contributed by atoms with E-state index < -0.39 is 5.43 Å². The van der Waals surface area contributed by atoms with Gasteiger partial charge in [0.25, 0.3) is 0 Å². The lowest BCUT2D eigenvalue weighted by Crippen LogP contribution is -2.10. The van der Waals surface area contributed by atoms with Crippen molar-refractivity contribution in [3.63, 3.8) is 0 Å². The van der Waals surface area contributed by atoms with E-state index in [1.165, 1.54) is 49.8 Å². The predicted molar refractivity (Wildman–Crippen MR) is 114 cm³/mol. The van der Waals surface area contributed by atoms with Crippen molar-refractivity contribution < 1.29 is 37.6 Å². The van der Waals surface area contributed by atoms with Gasteiger partial charge in [0.2, 0.25) is 22.7 Å². The lowest BCUT2D eigenvalue weighted by Gasteiger charge is -2.18. The van der Waals surface area contributed by atoms with Gasteiger partial charge in [-0.3, -0.25) is 4.79 Å². The molecule has 3 rings (SSSR count). The SMILES string of the molecule is COc1ccc(-c2oc3cc(OC)c(OC)c(OC)c3c(=O)c2OC)c(OC)c1OC. The van der Waals surface area contributed by atoms with E-state index in [1.54, 1.807) is 18.2 Å². The van der Waals surface area contributed by atoms with Crippen molar-refractivity contribution in [2.75, 3.05) is 49.8 Å². The lowest BCUT2D eigenvalue weighted by molar-refractivity contribution is 0.323. The average Bonchev–Trinajstić information content (AvgIpc) is 2.81. The van der Waals surface area contributed by atoms with E-state index in [0.29, 0.717) is 28.6 Å². The fraction of sp³-hybridized carbons (Fsp3) is 0.318. The van der Waals surface area contributed by atoms with Gasteiger partial charge in [0.15, 0.2) is 28.8 Å². The molecule has 1 aromatic heterocycles. The molecule has 9 heteroatoms. The number of hydrogen-bond donors (Lipinski definition) is 0. The minimum absolute atomic E-state index is 0.0384. The highest BCUT2D eigenvalue weighted by molar-refractivity contribution is 5.92. The van der Waals surface area contributed by atoms with Crippen LogP contribution in [0.2, 0.25) is 0 Å². The zero-order valence-electron chi connectivity index (χ0n) is 18.4. The summed E-state index contributed by atoms with van der Waals surface area (Å²) in [6.45, 7) is 0. The first kappa shape index (κ1) is 21.9. The highest BCUT2D eigenvalue weighted by Crippen LogP contribution is 2.48. The normalized spacial score (nSPS) is 10.5. The molecule has 0 radical (unpaired) electrons. The van der Waals surface area contributed by atoms with Crippen LogP contribution in [0.4, 0.5) is 0 Å². The number of fused-ring (bicyclic) bond motifs is 1. The van der Waals surface area contributed by atoms with Gasteiger partial charge in [-0.2, -0.15) is 0 Å². The van der Waals surface area contributed by atoms with Gasteiger partial charge in [-0.15, -0.1) is 0 Å². The predicted octanol–water partition coefficient (Wildman–Crippen LogP) is 3.52. The molecule has 0 aliphatic heterocycles. The summed E-state index contributed by atoms with van der Waals surface area (Å²) in [5.41, 5.74) is 0.199. The fourth-order valence-electron chi connectivity index (χ4n) is 3.45. The average molecular weight is 432 g/mol. The van der Waals surface area contributed by atoms with Crippen LogP contribution >= 0.6 is 0 Å². The molecule has 0 N–H and O–H groups in total. The molecule has 0 amide bonds.